The Balaban J connectivity index is 2.34. The molecular formula is C12H19NO2. The zero-order chi connectivity index (χ0) is 11.3. The van der Waals surface area contributed by atoms with Crippen LogP contribution >= 0.6 is 0 Å². The molecule has 84 valence electrons. The highest BCUT2D eigenvalue weighted by Crippen LogP contribution is 2.09. The summed E-state index contributed by atoms with van der Waals surface area (Å²) in [5.74, 6) is 0. The fourth-order valence-electron chi connectivity index (χ4n) is 1.20. The summed E-state index contributed by atoms with van der Waals surface area (Å²) in [6.45, 7) is 6.29. The molecule has 1 unspecified atom stereocenters. The highest BCUT2D eigenvalue weighted by Gasteiger charge is 2.13. The Bertz CT molecular complexity index is 279. The largest absolute Gasteiger partial charge is 0.390 e. The van der Waals surface area contributed by atoms with E-state index >= 15 is 0 Å². The van der Waals surface area contributed by atoms with Crippen molar-refractivity contribution in [2.24, 2.45) is 0 Å². The van der Waals surface area contributed by atoms with E-state index in [1.165, 1.54) is 0 Å². The van der Waals surface area contributed by atoms with Gasteiger partial charge in [-0.2, -0.15) is 0 Å². The van der Waals surface area contributed by atoms with E-state index in [-0.39, 0.29) is 5.60 Å². The van der Waals surface area contributed by atoms with Crippen molar-refractivity contribution in [2.75, 3.05) is 6.61 Å². The average molecular weight is 209 g/mol. The Kier molecular flexibility index (Phi) is 4.24. The zero-order valence-electron chi connectivity index (χ0n) is 9.60. The molecule has 0 aromatic carbocycles. The van der Waals surface area contributed by atoms with Crippen molar-refractivity contribution in [1.29, 1.82) is 0 Å². The van der Waals surface area contributed by atoms with Gasteiger partial charge in [-0.1, -0.05) is 6.07 Å². The molecule has 3 nitrogen and oxygen atoms in total. The molecule has 0 aliphatic rings. The molecule has 1 heterocycles. The van der Waals surface area contributed by atoms with E-state index < -0.39 is 6.10 Å². The average Bonchev–Trinajstić information content (AvgIpc) is 2.15. The van der Waals surface area contributed by atoms with Crippen LogP contribution in [0.1, 0.15) is 26.3 Å². The lowest BCUT2D eigenvalue weighted by Crippen LogP contribution is -2.27. The molecule has 0 aliphatic carbocycles. The van der Waals surface area contributed by atoms with E-state index in [0.717, 1.165) is 5.56 Å². The van der Waals surface area contributed by atoms with Gasteiger partial charge >= 0.3 is 0 Å². The summed E-state index contributed by atoms with van der Waals surface area (Å²) in [4.78, 5) is 3.99. The standard InChI is InChI=1S/C12H19NO2/c1-12(2,3)15-9-11(14)7-10-5-4-6-13-8-10/h4-6,8,11,14H,7,9H2,1-3H3. The topological polar surface area (TPSA) is 42.4 Å². The molecule has 0 radical (unpaired) electrons. The minimum absolute atomic E-state index is 0.198. The summed E-state index contributed by atoms with van der Waals surface area (Å²) in [7, 11) is 0. The minimum atomic E-state index is -0.464. The number of aliphatic hydroxyl groups is 1. The minimum Gasteiger partial charge on any atom is -0.390 e. The quantitative estimate of drug-likeness (QED) is 0.822. The fraction of sp³-hybridized carbons (Fsp3) is 0.583. The van der Waals surface area contributed by atoms with Crippen molar-refractivity contribution in [3.63, 3.8) is 0 Å². The molecule has 1 N–H and O–H groups in total. The van der Waals surface area contributed by atoms with Crippen molar-refractivity contribution in [2.45, 2.75) is 38.9 Å². The van der Waals surface area contributed by atoms with Crippen LogP contribution in [0.25, 0.3) is 0 Å². The van der Waals surface area contributed by atoms with Gasteiger partial charge in [0.25, 0.3) is 0 Å². The number of nitrogens with zero attached hydrogens (tertiary/aromatic N) is 1. The smallest absolute Gasteiger partial charge is 0.0814 e. The first-order valence-corrected chi connectivity index (χ1v) is 5.18. The number of aliphatic hydroxyl groups excluding tert-OH is 1. The molecule has 1 rings (SSSR count). The Morgan fingerprint density at radius 1 is 1.47 bits per heavy atom. The van der Waals surface area contributed by atoms with Gasteiger partial charge in [-0.3, -0.25) is 4.98 Å². The van der Waals surface area contributed by atoms with E-state index in [4.69, 9.17) is 4.74 Å². The van der Waals surface area contributed by atoms with E-state index in [2.05, 4.69) is 4.98 Å². The van der Waals surface area contributed by atoms with Gasteiger partial charge in [0.15, 0.2) is 0 Å². The number of ether oxygens (including phenoxy) is 1. The number of pyridine rings is 1. The van der Waals surface area contributed by atoms with E-state index in [9.17, 15) is 5.11 Å². The Hall–Kier alpha value is -0.930. The van der Waals surface area contributed by atoms with Crippen LogP contribution in [0, 0.1) is 0 Å². The Morgan fingerprint density at radius 3 is 2.73 bits per heavy atom. The van der Waals surface area contributed by atoms with Crippen molar-refractivity contribution >= 4 is 0 Å². The Morgan fingerprint density at radius 2 is 2.20 bits per heavy atom. The second kappa shape index (κ2) is 5.24. The summed E-state index contributed by atoms with van der Waals surface area (Å²) < 4.78 is 5.49. The molecule has 1 aromatic heterocycles. The van der Waals surface area contributed by atoms with Crippen molar-refractivity contribution in [1.82, 2.24) is 4.98 Å². The van der Waals surface area contributed by atoms with Crippen LogP contribution in [0.4, 0.5) is 0 Å². The van der Waals surface area contributed by atoms with Crippen LogP contribution in [0.15, 0.2) is 24.5 Å². The van der Waals surface area contributed by atoms with Crippen molar-refractivity contribution in [3.8, 4) is 0 Å². The summed E-state index contributed by atoms with van der Waals surface area (Å²) in [6, 6.07) is 3.82. The normalized spacial score (nSPS) is 13.9. The second-order valence-electron chi connectivity index (χ2n) is 4.64. The van der Waals surface area contributed by atoms with Gasteiger partial charge in [-0.15, -0.1) is 0 Å². The third-order valence-corrected chi connectivity index (χ3v) is 1.90. The molecule has 0 spiro atoms. The van der Waals surface area contributed by atoms with Crippen LogP contribution < -0.4 is 0 Å². The maximum Gasteiger partial charge on any atom is 0.0814 e. The molecule has 1 aromatic rings. The van der Waals surface area contributed by atoms with Crippen LogP contribution in [0.5, 0.6) is 0 Å². The molecule has 1 atom stereocenters. The van der Waals surface area contributed by atoms with Gasteiger partial charge in [0.1, 0.15) is 0 Å². The molecule has 0 bridgehead atoms. The molecule has 15 heavy (non-hydrogen) atoms. The zero-order valence-corrected chi connectivity index (χ0v) is 9.60. The van der Waals surface area contributed by atoms with Gasteiger partial charge in [-0.05, 0) is 32.4 Å². The van der Waals surface area contributed by atoms with Gasteiger partial charge in [0.05, 0.1) is 18.3 Å². The molecule has 0 fully saturated rings. The van der Waals surface area contributed by atoms with Crippen molar-refractivity contribution < 1.29 is 9.84 Å². The molecule has 0 amide bonds. The lowest BCUT2D eigenvalue weighted by Gasteiger charge is -2.21. The summed E-state index contributed by atoms with van der Waals surface area (Å²) >= 11 is 0. The van der Waals surface area contributed by atoms with Crippen LogP contribution in [0.2, 0.25) is 0 Å². The third-order valence-electron chi connectivity index (χ3n) is 1.90. The first kappa shape index (κ1) is 12.1. The molecule has 0 aliphatic heterocycles. The van der Waals surface area contributed by atoms with Crippen LogP contribution in [0.3, 0.4) is 0 Å². The monoisotopic (exact) mass is 209 g/mol. The number of aromatic nitrogens is 1. The fourth-order valence-corrected chi connectivity index (χ4v) is 1.20. The van der Waals surface area contributed by atoms with Crippen LogP contribution in [-0.2, 0) is 11.2 Å². The maximum absolute atomic E-state index is 9.71. The third kappa shape index (κ3) is 5.50. The summed E-state index contributed by atoms with van der Waals surface area (Å²) in [6.07, 6.45) is 3.61. The summed E-state index contributed by atoms with van der Waals surface area (Å²) in [5, 5.41) is 9.71. The lowest BCUT2D eigenvalue weighted by atomic mass is 10.1. The van der Waals surface area contributed by atoms with Gasteiger partial charge in [0.2, 0.25) is 0 Å². The molecule has 3 heteroatoms. The predicted molar refractivity (Wildman–Crippen MR) is 59.7 cm³/mol. The van der Waals surface area contributed by atoms with E-state index in [1.54, 1.807) is 12.4 Å². The van der Waals surface area contributed by atoms with Gasteiger partial charge in [-0.25, -0.2) is 0 Å². The second-order valence-corrected chi connectivity index (χ2v) is 4.64. The maximum atomic E-state index is 9.71. The van der Waals surface area contributed by atoms with Gasteiger partial charge in [0, 0.05) is 18.8 Å². The van der Waals surface area contributed by atoms with Crippen molar-refractivity contribution in [3.05, 3.63) is 30.1 Å². The number of hydrogen-bond donors (Lipinski definition) is 1. The first-order valence-electron chi connectivity index (χ1n) is 5.18. The lowest BCUT2D eigenvalue weighted by molar-refractivity contribution is -0.0482. The highest BCUT2D eigenvalue weighted by atomic mass is 16.5. The van der Waals surface area contributed by atoms with E-state index in [0.29, 0.717) is 13.0 Å². The molecule has 0 saturated heterocycles. The summed E-state index contributed by atoms with van der Waals surface area (Å²) in [5.41, 5.74) is 0.832. The first-order chi connectivity index (χ1) is 6.97. The predicted octanol–water partition coefficient (Wildman–Crippen LogP) is 1.80. The van der Waals surface area contributed by atoms with Gasteiger partial charge < -0.3 is 9.84 Å². The number of hydrogen-bond acceptors (Lipinski definition) is 3. The Labute approximate surface area is 91.1 Å². The van der Waals surface area contributed by atoms with E-state index in [1.807, 2.05) is 32.9 Å². The highest BCUT2D eigenvalue weighted by molar-refractivity contribution is 5.09. The molecular weight excluding hydrogens is 190 g/mol. The SMILES string of the molecule is CC(C)(C)OCC(O)Cc1cccnc1. The molecule has 0 saturated carbocycles. The number of rotatable bonds is 4. The van der Waals surface area contributed by atoms with Crippen LogP contribution in [-0.4, -0.2) is 28.4 Å².